The summed E-state index contributed by atoms with van der Waals surface area (Å²) in [6, 6.07) is 6.31. The summed E-state index contributed by atoms with van der Waals surface area (Å²) in [7, 11) is 0. The van der Waals surface area contributed by atoms with E-state index in [-0.39, 0.29) is 0 Å². The van der Waals surface area contributed by atoms with Crippen LogP contribution in [0.25, 0.3) is 0 Å². The Hall–Kier alpha value is -1.82. The van der Waals surface area contributed by atoms with Crippen molar-refractivity contribution >= 4 is 23.5 Å². The molecule has 0 atom stereocenters. The fourth-order valence-corrected chi connectivity index (χ4v) is 3.17. The monoisotopic (exact) mass is 377 g/mol. The number of nitrogens with one attached hydrogen (secondary N) is 2. The Morgan fingerprint density at radius 1 is 1.19 bits per heavy atom. The number of benzene rings is 1. The molecule has 1 aromatic carbocycles. The molecule has 0 unspecified atom stereocenters. The number of hydrogen-bond acceptors (Lipinski definition) is 4. The van der Waals surface area contributed by atoms with Crippen molar-refractivity contribution in [2.24, 2.45) is 5.10 Å². The second kappa shape index (κ2) is 11.7. The van der Waals surface area contributed by atoms with Gasteiger partial charge in [-0.2, -0.15) is 5.10 Å². The number of hydrogen-bond donors (Lipinski definition) is 2. The highest BCUT2D eigenvalue weighted by Gasteiger charge is 2.13. The van der Waals surface area contributed by atoms with E-state index in [0.29, 0.717) is 24.4 Å². The molecule has 0 aliphatic heterocycles. The highest BCUT2D eigenvalue weighted by molar-refractivity contribution is 7.80. The van der Waals surface area contributed by atoms with E-state index < -0.39 is 0 Å². The Bertz CT molecular complexity index is 586. The molecule has 26 heavy (non-hydrogen) atoms. The van der Waals surface area contributed by atoms with Gasteiger partial charge in [0.2, 0.25) is 0 Å². The van der Waals surface area contributed by atoms with Gasteiger partial charge in [-0.05, 0) is 62.2 Å². The summed E-state index contributed by atoms with van der Waals surface area (Å²) in [4.78, 5) is 0. The summed E-state index contributed by atoms with van der Waals surface area (Å²) in [5.74, 6) is 1.52. The van der Waals surface area contributed by atoms with Gasteiger partial charge in [0, 0.05) is 6.04 Å². The Balaban J connectivity index is 1.87. The van der Waals surface area contributed by atoms with Crippen LogP contribution in [0.1, 0.15) is 64.4 Å². The van der Waals surface area contributed by atoms with Crippen LogP contribution in [-0.2, 0) is 0 Å². The molecule has 0 radical (unpaired) electrons. The number of thiocarbonyl (C=S) groups is 1. The van der Waals surface area contributed by atoms with Gasteiger partial charge in [0.1, 0.15) is 0 Å². The first-order valence-corrected chi connectivity index (χ1v) is 10.1. The molecule has 0 spiro atoms. The zero-order valence-corrected chi connectivity index (χ0v) is 16.7. The van der Waals surface area contributed by atoms with Gasteiger partial charge < -0.3 is 14.8 Å². The number of rotatable bonds is 9. The number of hydrazone groups is 1. The first-order valence-electron chi connectivity index (χ1n) is 9.72. The molecular weight excluding hydrogens is 346 g/mol. The van der Waals surface area contributed by atoms with Gasteiger partial charge in [0.25, 0.3) is 0 Å². The van der Waals surface area contributed by atoms with Crippen LogP contribution in [0.15, 0.2) is 23.3 Å². The second-order valence-corrected chi connectivity index (χ2v) is 6.93. The molecule has 1 fully saturated rings. The maximum Gasteiger partial charge on any atom is 0.187 e. The SMILES string of the molecule is CCCCOc1ccc(/C=N/NC(=S)NC2CCCCC2)cc1OCC. The van der Waals surface area contributed by atoms with Gasteiger partial charge in [0.15, 0.2) is 16.6 Å². The Labute approximate surface area is 162 Å². The van der Waals surface area contributed by atoms with Gasteiger partial charge in [-0.1, -0.05) is 32.6 Å². The molecule has 0 saturated heterocycles. The fourth-order valence-electron chi connectivity index (χ4n) is 2.95. The summed E-state index contributed by atoms with van der Waals surface area (Å²) in [6.45, 7) is 5.41. The predicted octanol–water partition coefficient (Wildman–Crippen LogP) is 4.39. The molecule has 2 N–H and O–H groups in total. The molecule has 2 rings (SSSR count). The lowest BCUT2D eigenvalue weighted by atomic mass is 9.96. The zero-order chi connectivity index (χ0) is 18.6. The first kappa shape index (κ1) is 20.5. The molecule has 0 aromatic heterocycles. The smallest absolute Gasteiger partial charge is 0.187 e. The Morgan fingerprint density at radius 2 is 2.00 bits per heavy atom. The molecule has 5 nitrogen and oxygen atoms in total. The van der Waals surface area contributed by atoms with E-state index in [0.717, 1.165) is 29.9 Å². The fraction of sp³-hybridized carbons (Fsp3) is 0.600. The van der Waals surface area contributed by atoms with Crippen molar-refractivity contribution in [3.8, 4) is 11.5 Å². The van der Waals surface area contributed by atoms with Crippen LogP contribution in [0.4, 0.5) is 0 Å². The molecule has 1 aliphatic carbocycles. The van der Waals surface area contributed by atoms with E-state index in [1.807, 2.05) is 25.1 Å². The minimum atomic E-state index is 0.475. The highest BCUT2D eigenvalue weighted by atomic mass is 32.1. The van der Waals surface area contributed by atoms with Crippen LogP contribution in [0.3, 0.4) is 0 Å². The molecular formula is C20H31N3O2S. The van der Waals surface area contributed by atoms with Gasteiger partial charge in [-0.25, -0.2) is 0 Å². The molecule has 1 saturated carbocycles. The number of unbranched alkanes of at least 4 members (excludes halogenated alkanes) is 1. The molecule has 144 valence electrons. The Kier molecular flexibility index (Phi) is 9.24. The van der Waals surface area contributed by atoms with Crippen molar-refractivity contribution in [3.63, 3.8) is 0 Å². The van der Waals surface area contributed by atoms with E-state index in [1.165, 1.54) is 32.1 Å². The van der Waals surface area contributed by atoms with Crippen LogP contribution < -0.4 is 20.2 Å². The van der Waals surface area contributed by atoms with Crippen molar-refractivity contribution in [2.75, 3.05) is 13.2 Å². The van der Waals surface area contributed by atoms with Crippen molar-refractivity contribution < 1.29 is 9.47 Å². The zero-order valence-electron chi connectivity index (χ0n) is 15.9. The van der Waals surface area contributed by atoms with Crippen molar-refractivity contribution in [1.29, 1.82) is 0 Å². The molecule has 1 aliphatic rings. The second-order valence-electron chi connectivity index (χ2n) is 6.52. The van der Waals surface area contributed by atoms with E-state index in [4.69, 9.17) is 21.7 Å². The lowest BCUT2D eigenvalue weighted by Crippen LogP contribution is -2.40. The number of nitrogens with zero attached hydrogens (tertiary/aromatic N) is 1. The van der Waals surface area contributed by atoms with Crippen molar-refractivity contribution in [2.45, 2.75) is 64.8 Å². The van der Waals surface area contributed by atoms with Crippen LogP contribution in [-0.4, -0.2) is 30.6 Å². The van der Waals surface area contributed by atoms with E-state index in [2.05, 4.69) is 22.8 Å². The topological polar surface area (TPSA) is 54.9 Å². The third-order valence-corrected chi connectivity index (χ3v) is 4.55. The summed E-state index contributed by atoms with van der Waals surface area (Å²) in [5.41, 5.74) is 3.84. The summed E-state index contributed by atoms with van der Waals surface area (Å²) >= 11 is 5.32. The van der Waals surface area contributed by atoms with Crippen molar-refractivity contribution in [1.82, 2.24) is 10.7 Å². The third-order valence-electron chi connectivity index (χ3n) is 4.34. The van der Waals surface area contributed by atoms with Gasteiger partial charge in [-0.3, -0.25) is 5.43 Å². The van der Waals surface area contributed by atoms with Crippen molar-refractivity contribution in [3.05, 3.63) is 23.8 Å². The molecule has 0 amide bonds. The van der Waals surface area contributed by atoms with Crippen LogP contribution in [0.2, 0.25) is 0 Å². The number of ether oxygens (including phenoxy) is 2. The molecule has 0 heterocycles. The van der Waals surface area contributed by atoms with Crippen LogP contribution in [0.5, 0.6) is 11.5 Å². The van der Waals surface area contributed by atoms with Gasteiger partial charge in [0.05, 0.1) is 19.4 Å². The summed E-state index contributed by atoms with van der Waals surface area (Å²) in [6.07, 6.45) is 10.1. The molecule has 0 bridgehead atoms. The minimum Gasteiger partial charge on any atom is -0.490 e. The standard InChI is InChI=1S/C20H31N3O2S/c1-3-5-13-25-18-12-11-16(14-19(18)24-4-2)15-21-23-20(26)22-17-9-7-6-8-10-17/h11-12,14-15,17H,3-10,13H2,1-2H3,(H2,22,23,26)/b21-15+. The highest BCUT2D eigenvalue weighted by Crippen LogP contribution is 2.28. The van der Waals surface area contributed by atoms with Crippen LogP contribution >= 0.6 is 12.2 Å². The normalized spacial score (nSPS) is 15.0. The lowest BCUT2D eigenvalue weighted by molar-refractivity contribution is 0.272. The maximum absolute atomic E-state index is 5.80. The third kappa shape index (κ3) is 7.20. The van der Waals surface area contributed by atoms with Gasteiger partial charge >= 0.3 is 0 Å². The average Bonchev–Trinajstić information content (AvgIpc) is 2.64. The summed E-state index contributed by atoms with van der Waals surface area (Å²) < 4.78 is 11.5. The molecule has 6 heteroatoms. The predicted molar refractivity (Wildman–Crippen MR) is 111 cm³/mol. The van der Waals surface area contributed by atoms with E-state index >= 15 is 0 Å². The minimum absolute atomic E-state index is 0.475. The van der Waals surface area contributed by atoms with Crippen LogP contribution in [0, 0.1) is 0 Å². The lowest BCUT2D eigenvalue weighted by Gasteiger charge is -2.23. The van der Waals surface area contributed by atoms with E-state index in [1.54, 1.807) is 6.21 Å². The first-order chi connectivity index (χ1) is 12.7. The quantitative estimate of drug-likeness (QED) is 0.289. The van der Waals surface area contributed by atoms with E-state index in [9.17, 15) is 0 Å². The van der Waals surface area contributed by atoms with Gasteiger partial charge in [-0.15, -0.1) is 0 Å². The largest absolute Gasteiger partial charge is 0.490 e. The average molecular weight is 378 g/mol. The Morgan fingerprint density at radius 3 is 2.73 bits per heavy atom. The maximum atomic E-state index is 5.80. The summed E-state index contributed by atoms with van der Waals surface area (Å²) in [5, 5.41) is 8.16. The molecule has 1 aromatic rings.